The van der Waals surface area contributed by atoms with Crippen molar-refractivity contribution in [2.75, 3.05) is 39.2 Å². The fourth-order valence-corrected chi connectivity index (χ4v) is 2.91. The summed E-state index contributed by atoms with van der Waals surface area (Å²) in [7, 11) is 5.06. The number of anilines is 1. The van der Waals surface area contributed by atoms with Crippen LogP contribution in [0.3, 0.4) is 0 Å². The van der Waals surface area contributed by atoms with Crippen molar-refractivity contribution >= 4 is 29.0 Å². The predicted molar refractivity (Wildman–Crippen MR) is 107 cm³/mol. The highest BCUT2D eigenvalue weighted by atomic mass is 19.1. The van der Waals surface area contributed by atoms with Gasteiger partial charge in [-0.2, -0.15) is 4.98 Å². The number of fused-ring (bicyclic) bond motifs is 1. The molecule has 0 spiro atoms. The van der Waals surface area contributed by atoms with Crippen LogP contribution in [0.25, 0.3) is 11.1 Å². The highest BCUT2D eigenvalue weighted by Gasteiger charge is 2.24. The second kappa shape index (κ2) is 9.00. The van der Waals surface area contributed by atoms with Gasteiger partial charge >= 0.3 is 12.0 Å². The Morgan fingerprint density at radius 3 is 2.37 bits per heavy atom. The van der Waals surface area contributed by atoms with E-state index in [9.17, 15) is 18.4 Å². The minimum atomic E-state index is -0.872. The first-order chi connectivity index (χ1) is 14.3. The number of esters is 1. The molecule has 1 amide bonds. The Kier molecular flexibility index (Phi) is 6.41. The van der Waals surface area contributed by atoms with Crippen LogP contribution in [0.5, 0.6) is 0 Å². The molecule has 0 unspecified atom stereocenters. The number of hydrogen-bond donors (Lipinski definition) is 0. The Morgan fingerprint density at radius 2 is 1.73 bits per heavy atom. The van der Waals surface area contributed by atoms with Gasteiger partial charge in [0.25, 0.3) is 5.91 Å². The zero-order valence-corrected chi connectivity index (χ0v) is 16.8. The third-order valence-electron chi connectivity index (χ3n) is 4.42. The molecule has 0 saturated heterocycles. The van der Waals surface area contributed by atoms with E-state index in [0.29, 0.717) is 24.6 Å². The van der Waals surface area contributed by atoms with E-state index in [1.54, 1.807) is 0 Å². The number of carbonyl (C=O) groups excluding carboxylic acids is 2. The standard InChI is InChI=1S/C21H21F2N3O4/c1-25(2)9-4-10-26(19(27)13-5-7-14(8-6-13)20(28)29-3)21-24-18-16(23)11-15(22)12-17(18)30-21/h5-8,11-12H,4,9-10H2,1-3H3. The summed E-state index contributed by atoms with van der Waals surface area (Å²) in [6.45, 7) is 0.932. The van der Waals surface area contributed by atoms with E-state index in [1.807, 2.05) is 19.0 Å². The van der Waals surface area contributed by atoms with Crippen LogP contribution in [-0.4, -0.2) is 56.1 Å². The Bertz CT molecular complexity index is 1060. The normalized spacial score (nSPS) is 11.1. The average Bonchev–Trinajstić information content (AvgIpc) is 3.14. The number of nitrogens with zero attached hydrogens (tertiary/aromatic N) is 3. The molecule has 1 aromatic heterocycles. The number of benzene rings is 2. The molecule has 9 heteroatoms. The maximum atomic E-state index is 14.0. The molecule has 30 heavy (non-hydrogen) atoms. The smallest absolute Gasteiger partial charge is 0.337 e. The number of amides is 1. The lowest BCUT2D eigenvalue weighted by Crippen LogP contribution is -2.33. The molecule has 0 fully saturated rings. The fourth-order valence-electron chi connectivity index (χ4n) is 2.91. The summed E-state index contributed by atoms with van der Waals surface area (Å²) in [6, 6.07) is 7.50. The fraction of sp³-hybridized carbons (Fsp3) is 0.286. The number of aromatic nitrogens is 1. The van der Waals surface area contributed by atoms with Crippen molar-refractivity contribution in [3.05, 3.63) is 59.2 Å². The quantitative estimate of drug-likeness (QED) is 0.548. The van der Waals surface area contributed by atoms with E-state index >= 15 is 0 Å². The van der Waals surface area contributed by atoms with Gasteiger partial charge in [-0.05, 0) is 51.3 Å². The van der Waals surface area contributed by atoms with Gasteiger partial charge in [-0.15, -0.1) is 0 Å². The van der Waals surface area contributed by atoms with Crippen molar-refractivity contribution in [1.29, 1.82) is 0 Å². The summed E-state index contributed by atoms with van der Waals surface area (Å²) in [4.78, 5) is 32.0. The number of carbonyl (C=O) groups is 2. The zero-order valence-electron chi connectivity index (χ0n) is 16.8. The first-order valence-corrected chi connectivity index (χ1v) is 9.20. The first-order valence-electron chi connectivity index (χ1n) is 9.20. The van der Waals surface area contributed by atoms with Crippen LogP contribution in [0.1, 0.15) is 27.1 Å². The highest BCUT2D eigenvalue weighted by Crippen LogP contribution is 2.26. The highest BCUT2D eigenvalue weighted by molar-refractivity contribution is 6.05. The lowest BCUT2D eigenvalue weighted by atomic mass is 10.1. The first kappa shape index (κ1) is 21.4. The van der Waals surface area contributed by atoms with Gasteiger partial charge in [0.1, 0.15) is 11.3 Å². The summed E-state index contributed by atoms with van der Waals surface area (Å²) in [5.41, 5.74) is 0.334. The molecule has 0 saturated carbocycles. The second-order valence-corrected chi connectivity index (χ2v) is 6.91. The van der Waals surface area contributed by atoms with Crippen molar-refractivity contribution in [2.24, 2.45) is 0 Å². The van der Waals surface area contributed by atoms with Gasteiger partial charge < -0.3 is 14.1 Å². The van der Waals surface area contributed by atoms with E-state index in [1.165, 1.54) is 36.3 Å². The summed E-state index contributed by atoms with van der Waals surface area (Å²) >= 11 is 0. The summed E-state index contributed by atoms with van der Waals surface area (Å²) in [5.74, 6) is -2.64. The number of halogens is 2. The monoisotopic (exact) mass is 417 g/mol. The molecular weight excluding hydrogens is 396 g/mol. The topological polar surface area (TPSA) is 75.9 Å². The Labute approximate surface area is 171 Å². The van der Waals surface area contributed by atoms with Crippen LogP contribution in [0.15, 0.2) is 40.8 Å². The van der Waals surface area contributed by atoms with E-state index in [-0.39, 0.29) is 29.2 Å². The van der Waals surface area contributed by atoms with Crippen molar-refractivity contribution in [2.45, 2.75) is 6.42 Å². The van der Waals surface area contributed by atoms with E-state index in [4.69, 9.17) is 4.42 Å². The molecule has 0 aliphatic heterocycles. The third kappa shape index (κ3) is 4.62. The van der Waals surface area contributed by atoms with Crippen LogP contribution in [-0.2, 0) is 4.74 Å². The Morgan fingerprint density at radius 1 is 1.07 bits per heavy atom. The number of oxazole rings is 1. The van der Waals surface area contributed by atoms with Gasteiger partial charge in [0, 0.05) is 24.2 Å². The van der Waals surface area contributed by atoms with Gasteiger partial charge in [-0.3, -0.25) is 9.69 Å². The van der Waals surface area contributed by atoms with Crippen molar-refractivity contribution in [3.8, 4) is 0 Å². The molecule has 0 bridgehead atoms. The Balaban J connectivity index is 1.94. The lowest BCUT2D eigenvalue weighted by molar-refractivity contribution is 0.0600. The number of ether oxygens (including phenoxy) is 1. The largest absolute Gasteiger partial charge is 0.465 e. The number of methoxy groups -OCH3 is 1. The van der Waals surface area contributed by atoms with Crippen molar-refractivity contribution < 1.29 is 27.5 Å². The maximum Gasteiger partial charge on any atom is 0.337 e. The van der Waals surface area contributed by atoms with Crippen molar-refractivity contribution in [1.82, 2.24) is 9.88 Å². The summed E-state index contributed by atoms with van der Waals surface area (Å²) < 4.78 is 37.7. The minimum Gasteiger partial charge on any atom is -0.465 e. The molecule has 0 radical (unpaired) electrons. The number of rotatable bonds is 7. The molecule has 158 valence electrons. The predicted octanol–water partition coefficient (Wildman–Crippen LogP) is 3.49. The van der Waals surface area contributed by atoms with Gasteiger partial charge in [-0.25, -0.2) is 13.6 Å². The van der Waals surface area contributed by atoms with Crippen LogP contribution in [0.4, 0.5) is 14.8 Å². The van der Waals surface area contributed by atoms with Gasteiger partial charge in [0.2, 0.25) is 0 Å². The van der Waals surface area contributed by atoms with Crippen LogP contribution in [0, 0.1) is 11.6 Å². The molecule has 3 aromatic rings. The van der Waals surface area contributed by atoms with Gasteiger partial charge in [0.15, 0.2) is 11.4 Å². The van der Waals surface area contributed by atoms with Crippen LogP contribution in [0.2, 0.25) is 0 Å². The average molecular weight is 417 g/mol. The molecule has 0 N–H and O–H groups in total. The molecular formula is C21H21F2N3O4. The zero-order chi connectivity index (χ0) is 21.8. The van der Waals surface area contributed by atoms with Gasteiger partial charge in [-0.1, -0.05) is 0 Å². The maximum absolute atomic E-state index is 14.0. The SMILES string of the molecule is COC(=O)c1ccc(C(=O)N(CCCN(C)C)c2nc3c(F)cc(F)cc3o2)cc1. The van der Waals surface area contributed by atoms with E-state index < -0.39 is 23.5 Å². The molecule has 1 heterocycles. The van der Waals surface area contributed by atoms with Gasteiger partial charge in [0.05, 0.1) is 12.7 Å². The third-order valence-corrected chi connectivity index (χ3v) is 4.42. The molecule has 0 aliphatic rings. The number of hydrogen-bond acceptors (Lipinski definition) is 6. The molecule has 3 rings (SSSR count). The molecule has 7 nitrogen and oxygen atoms in total. The Hall–Kier alpha value is -3.33. The van der Waals surface area contributed by atoms with Crippen LogP contribution >= 0.6 is 0 Å². The van der Waals surface area contributed by atoms with E-state index in [0.717, 1.165) is 6.07 Å². The van der Waals surface area contributed by atoms with Crippen molar-refractivity contribution in [3.63, 3.8) is 0 Å². The van der Waals surface area contributed by atoms with Crippen LogP contribution < -0.4 is 4.90 Å². The molecule has 0 aliphatic carbocycles. The molecule has 2 aromatic carbocycles. The lowest BCUT2D eigenvalue weighted by Gasteiger charge is -2.20. The summed E-state index contributed by atoms with van der Waals surface area (Å²) in [5, 5.41) is 0. The second-order valence-electron chi connectivity index (χ2n) is 6.91. The van der Waals surface area contributed by atoms with E-state index in [2.05, 4.69) is 9.72 Å². The minimum absolute atomic E-state index is 0.0889. The summed E-state index contributed by atoms with van der Waals surface area (Å²) in [6.07, 6.45) is 0.592. The molecule has 0 atom stereocenters.